The first-order valence-corrected chi connectivity index (χ1v) is 11.2. The highest BCUT2D eigenvalue weighted by molar-refractivity contribution is 5.80. The Morgan fingerprint density at radius 3 is 2.65 bits per heavy atom. The van der Waals surface area contributed by atoms with Gasteiger partial charge in [0.15, 0.2) is 0 Å². The highest BCUT2D eigenvalue weighted by atomic mass is 16.5. The largest absolute Gasteiger partial charge is 0.439 e. The van der Waals surface area contributed by atoms with Gasteiger partial charge < -0.3 is 14.4 Å². The third-order valence-corrected chi connectivity index (χ3v) is 5.88. The van der Waals surface area contributed by atoms with Crippen LogP contribution in [-0.4, -0.2) is 75.8 Å². The van der Waals surface area contributed by atoms with Gasteiger partial charge in [0.05, 0.1) is 11.2 Å². The predicted molar refractivity (Wildman–Crippen MR) is 127 cm³/mol. The molecular weight excluding hydrogens is 432 g/mol. The fraction of sp³-hybridized carbons (Fsp3) is 0.280. The standard InChI is InChI=1S/C25H26N6O3/c1-33-17-25(32)31-10-8-30(9-11-31)16-18-12-19-2-4-21(13-23(19)26-14-18)34-24-5-3-20(15-27-24)22-6-7-28-29-22/h2-7,12-15H,8-11,16-17H2,1H3,(H,28,29). The van der Waals surface area contributed by atoms with Gasteiger partial charge >= 0.3 is 0 Å². The molecule has 0 spiro atoms. The van der Waals surface area contributed by atoms with Crippen LogP contribution in [0.1, 0.15) is 5.56 Å². The van der Waals surface area contributed by atoms with Gasteiger partial charge in [0.25, 0.3) is 0 Å². The normalized spacial score (nSPS) is 14.4. The summed E-state index contributed by atoms with van der Waals surface area (Å²) in [7, 11) is 1.55. The molecule has 1 N–H and O–H groups in total. The predicted octanol–water partition coefficient (Wildman–Crippen LogP) is 3.10. The van der Waals surface area contributed by atoms with Crippen molar-refractivity contribution in [2.45, 2.75) is 6.54 Å². The number of fused-ring (bicyclic) bond motifs is 1. The number of carbonyl (C=O) groups excluding carboxylic acids is 1. The summed E-state index contributed by atoms with van der Waals surface area (Å²) in [5, 5.41) is 7.94. The number of nitrogens with zero attached hydrogens (tertiary/aromatic N) is 5. The maximum atomic E-state index is 12.0. The van der Waals surface area contributed by atoms with Crippen LogP contribution >= 0.6 is 0 Å². The van der Waals surface area contributed by atoms with Gasteiger partial charge in [0.2, 0.25) is 11.8 Å². The van der Waals surface area contributed by atoms with E-state index in [1.165, 1.54) is 0 Å². The summed E-state index contributed by atoms with van der Waals surface area (Å²) >= 11 is 0. The van der Waals surface area contributed by atoms with Gasteiger partial charge in [-0.2, -0.15) is 5.10 Å². The monoisotopic (exact) mass is 458 g/mol. The number of pyridine rings is 2. The van der Waals surface area contributed by atoms with Crippen LogP contribution in [0.15, 0.2) is 61.1 Å². The fourth-order valence-electron chi connectivity index (χ4n) is 4.06. The first-order chi connectivity index (χ1) is 16.7. The minimum absolute atomic E-state index is 0.0523. The van der Waals surface area contributed by atoms with Crippen LogP contribution in [-0.2, 0) is 16.1 Å². The van der Waals surface area contributed by atoms with Gasteiger partial charge in [-0.15, -0.1) is 0 Å². The Kier molecular flexibility index (Phi) is 6.46. The molecule has 34 heavy (non-hydrogen) atoms. The number of ether oxygens (including phenoxy) is 2. The lowest BCUT2D eigenvalue weighted by Crippen LogP contribution is -2.49. The SMILES string of the molecule is COCC(=O)N1CCN(Cc2cnc3cc(Oc4ccc(-c5ccn[nH]5)cn4)ccc3c2)CC1. The van der Waals surface area contributed by atoms with Crippen molar-refractivity contribution < 1.29 is 14.3 Å². The lowest BCUT2D eigenvalue weighted by Gasteiger charge is -2.34. The zero-order valence-corrected chi connectivity index (χ0v) is 19.0. The summed E-state index contributed by atoms with van der Waals surface area (Å²) in [6.45, 7) is 4.08. The molecule has 0 saturated carbocycles. The Morgan fingerprint density at radius 1 is 1.03 bits per heavy atom. The van der Waals surface area contributed by atoms with Gasteiger partial charge in [-0.25, -0.2) is 4.98 Å². The van der Waals surface area contributed by atoms with E-state index in [-0.39, 0.29) is 12.5 Å². The zero-order valence-electron chi connectivity index (χ0n) is 19.0. The molecule has 0 bridgehead atoms. The molecule has 9 nitrogen and oxygen atoms in total. The van der Waals surface area contributed by atoms with Crippen molar-refractivity contribution in [3.63, 3.8) is 0 Å². The minimum Gasteiger partial charge on any atom is -0.439 e. The van der Waals surface area contributed by atoms with Gasteiger partial charge in [-0.1, -0.05) is 0 Å². The van der Waals surface area contributed by atoms with Crippen molar-refractivity contribution in [3.8, 4) is 22.9 Å². The smallest absolute Gasteiger partial charge is 0.248 e. The number of piperazine rings is 1. The number of H-pyrrole nitrogens is 1. The molecule has 9 heteroatoms. The minimum atomic E-state index is 0.0523. The Morgan fingerprint density at radius 2 is 1.91 bits per heavy atom. The molecule has 0 unspecified atom stereocenters. The van der Waals surface area contributed by atoms with Crippen molar-refractivity contribution in [2.75, 3.05) is 39.9 Å². The summed E-state index contributed by atoms with van der Waals surface area (Å²) in [5.41, 5.74) is 3.87. The molecule has 1 aliphatic rings. The van der Waals surface area contributed by atoms with Crippen LogP contribution in [0.4, 0.5) is 0 Å². The Labute approximate surface area is 197 Å². The Balaban J connectivity index is 1.20. The number of hydrogen-bond acceptors (Lipinski definition) is 7. The van der Waals surface area contributed by atoms with Crippen LogP contribution in [0, 0.1) is 0 Å². The molecule has 0 atom stereocenters. The second-order valence-electron chi connectivity index (χ2n) is 8.25. The van der Waals surface area contributed by atoms with Crippen molar-refractivity contribution in [3.05, 3.63) is 66.6 Å². The van der Waals surface area contributed by atoms with E-state index in [1.807, 2.05) is 47.5 Å². The van der Waals surface area contributed by atoms with E-state index in [1.54, 1.807) is 19.5 Å². The second kappa shape index (κ2) is 9.98. The van der Waals surface area contributed by atoms with Crippen LogP contribution in [0.3, 0.4) is 0 Å². The molecule has 1 fully saturated rings. The summed E-state index contributed by atoms with van der Waals surface area (Å²) in [5.74, 6) is 1.25. The first kappa shape index (κ1) is 22.0. The fourth-order valence-corrected chi connectivity index (χ4v) is 4.06. The zero-order chi connectivity index (χ0) is 23.3. The van der Waals surface area contributed by atoms with E-state index >= 15 is 0 Å². The van der Waals surface area contributed by atoms with E-state index in [0.717, 1.165) is 60.4 Å². The summed E-state index contributed by atoms with van der Waals surface area (Å²) in [6.07, 6.45) is 5.37. The van der Waals surface area contributed by atoms with Gasteiger partial charge in [-0.05, 0) is 35.9 Å². The van der Waals surface area contributed by atoms with Gasteiger partial charge in [0, 0.05) is 81.5 Å². The van der Waals surface area contributed by atoms with E-state index in [0.29, 0.717) is 11.6 Å². The van der Waals surface area contributed by atoms with Gasteiger partial charge in [0.1, 0.15) is 12.4 Å². The lowest BCUT2D eigenvalue weighted by molar-refractivity contribution is -0.136. The molecule has 1 aromatic carbocycles. The third-order valence-electron chi connectivity index (χ3n) is 5.88. The molecule has 4 heterocycles. The third kappa shape index (κ3) is 5.05. The maximum absolute atomic E-state index is 12.0. The molecule has 3 aromatic heterocycles. The number of hydrogen-bond donors (Lipinski definition) is 1. The highest BCUT2D eigenvalue weighted by Crippen LogP contribution is 2.26. The first-order valence-electron chi connectivity index (χ1n) is 11.2. The average molecular weight is 459 g/mol. The molecule has 0 radical (unpaired) electrons. The van der Waals surface area contributed by atoms with Crippen molar-refractivity contribution in [2.24, 2.45) is 0 Å². The molecule has 1 saturated heterocycles. The Hall–Kier alpha value is -3.82. The number of rotatable bonds is 7. The van der Waals surface area contributed by atoms with Crippen molar-refractivity contribution in [1.82, 2.24) is 30.0 Å². The number of aromatic amines is 1. The van der Waals surface area contributed by atoms with E-state index < -0.39 is 0 Å². The highest BCUT2D eigenvalue weighted by Gasteiger charge is 2.21. The molecule has 1 amide bonds. The molecular formula is C25H26N6O3. The second-order valence-corrected chi connectivity index (χ2v) is 8.25. The summed E-state index contributed by atoms with van der Waals surface area (Å²) in [6, 6.07) is 13.7. The van der Waals surface area contributed by atoms with Crippen LogP contribution < -0.4 is 4.74 Å². The molecule has 1 aliphatic heterocycles. The van der Waals surface area contributed by atoms with E-state index in [9.17, 15) is 4.79 Å². The number of aromatic nitrogens is 4. The molecule has 0 aliphatic carbocycles. The summed E-state index contributed by atoms with van der Waals surface area (Å²) < 4.78 is 10.9. The molecule has 174 valence electrons. The van der Waals surface area contributed by atoms with Crippen LogP contribution in [0.25, 0.3) is 22.2 Å². The number of benzene rings is 1. The van der Waals surface area contributed by atoms with E-state index in [4.69, 9.17) is 9.47 Å². The Bertz CT molecular complexity index is 1250. The quantitative estimate of drug-likeness (QED) is 0.455. The average Bonchev–Trinajstić information content (AvgIpc) is 3.40. The number of amides is 1. The number of carbonyl (C=O) groups is 1. The number of nitrogens with one attached hydrogen (secondary N) is 1. The molecule has 5 rings (SSSR count). The van der Waals surface area contributed by atoms with Crippen LogP contribution in [0.5, 0.6) is 11.6 Å². The maximum Gasteiger partial charge on any atom is 0.248 e. The molecule has 4 aromatic rings. The van der Waals surface area contributed by atoms with Crippen LogP contribution in [0.2, 0.25) is 0 Å². The van der Waals surface area contributed by atoms with Crippen molar-refractivity contribution in [1.29, 1.82) is 0 Å². The topological polar surface area (TPSA) is 96.5 Å². The number of methoxy groups -OCH3 is 1. The van der Waals surface area contributed by atoms with E-state index in [2.05, 4.69) is 31.1 Å². The summed E-state index contributed by atoms with van der Waals surface area (Å²) in [4.78, 5) is 25.2. The van der Waals surface area contributed by atoms with Crippen molar-refractivity contribution >= 4 is 16.8 Å². The lowest BCUT2D eigenvalue weighted by atomic mass is 10.1. The van der Waals surface area contributed by atoms with Gasteiger partial charge in [-0.3, -0.25) is 19.8 Å².